The number of nitrogens with zero attached hydrogens (tertiary/aromatic N) is 2. The molecule has 1 aromatic rings. The molecule has 0 fully saturated rings. The smallest absolute Gasteiger partial charge is 0.355 e. The van der Waals surface area contributed by atoms with Gasteiger partial charge in [-0.05, 0) is 6.26 Å². The number of thioether (sulfide) groups is 2. The minimum atomic E-state index is -1.09. The Morgan fingerprint density at radius 3 is 2.78 bits per heavy atom. The van der Waals surface area contributed by atoms with E-state index in [-0.39, 0.29) is 10.8 Å². The van der Waals surface area contributed by atoms with Crippen molar-refractivity contribution in [2.45, 2.75) is 12.1 Å². The molecule has 18 heavy (non-hydrogen) atoms. The fourth-order valence-corrected chi connectivity index (χ4v) is 1.87. The van der Waals surface area contributed by atoms with Crippen LogP contribution < -0.4 is 0 Å². The first-order chi connectivity index (χ1) is 8.54. The summed E-state index contributed by atoms with van der Waals surface area (Å²) in [4.78, 5) is 29.7. The third-order valence-corrected chi connectivity index (χ3v) is 3.19. The van der Waals surface area contributed by atoms with Gasteiger partial charge in [0.1, 0.15) is 0 Å². The molecule has 0 unspecified atom stereocenters. The van der Waals surface area contributed by atoms with Crippen molar-refractivity contribution in [2.24, 2.45) is 0 Å². The highest BCUT2D eigenvalue weighted by atomic mass is 32.2. The molecule has 0 amide bonds. The van der Waals surface area contributed by atoms with Crippen molar-refractivity contribution in [1.82, 2.24) is 9.97 Å². The van der Waals surface area contributed by atoms with E-state index in [1.165, 1.54) is 24.9 Å². The molecule has 1 heterocycles. The summed E-state index contributed by atoms with van der Waals surface area (Å²) in [6.45, 7) is 1.48. The maximum Gasteiger partial charge on any atom is 0.355 e. The Balaban J connectivity index is 2.87. The summed E-state index contributed by atoms with van der Waals surface area (Å²) in [5.74, 6) is -0.592. The minimum Gasteiger partial charge on any atom is -0.476 e. The largest absolute Gasteiger partial charge is 0.476 e. The Morgan fingerprint density at radius 2 is 2.22 bits per heavy atom. The molecule has 96 valence electrons. The van der Waals surface area contributed by atoms with Crippen LogP contribution in [-0.2, 0) is 4.79 Å². The van der Waals surface area contributed by atoms with Crippen LogP contribution >= 0.6 is 23.5 Å². The number of aromatic carboxylic acids is 1. The lowest BCUT2D eigenvalue weighted by Gasteiger charge is -2.01. The Bertz CT molecular complexity index is 489. The zero-order valence-electron chi connectivity index (χ0n) is 9.91. The summed E-state index contributed by atoms with van der Waals surface area (Å²) in [6.07, 6.45) is 6.58. The Labute approximate surface area is 113 Å². The average molecular weight is 284 g/mol. The summed E-state index contributed by atoms with van der Waals surface area (Å²) in [7, 11) is 0. The van der Waals surface area contributed by atoms with Gasteiger partial charge in [-0.25, -0.2) is 14.8 Å². The first-order valence-electron chi connectivity index (χ1n) is 4.98. The molecule has 7 heteroatoms. The highest BCUT2D eigenvalue weighted by Crippen LogP contribution is 2.14. The molecule has 5 nitrogen and oxygen atoms in total. The predicted molar refractivity (Wildman–Crippen MR) is 72.9 cm³/mol. The third kappa shape index (κ3) is 4.50. The molecular formula is C11H12N2O3S2. The van der Waals surface area contributed by atoms with Crippen LogP contribution in [0, 0.1) is 0 Å². The molecule has 0 bridgehead atoms. The van der Waals surface area contributed by atoms with E-state index in [0.29, 0.717) is 16.5 Å². The molecule has 0 saturated heterocycles. The first-order valence-corrected chi connectivity index (χ1v) is 7.20. The van der Waals surface area contributed by atoms with Crippen molar-refractivity contribution < 1.29 is 14.7 Å². The Kier molecular flexibility index (Phi) is 5.87. The van der Waals surface area contributed by atoms with E-state index < -0.39 is 5.97 Å². The summed E-state index contributed by atoms with van der Waals surface area (Å²) in [5, 5.41) is 9.48. The fraction of sp³-hybridized carbons (Fsp3) is 0.273. The lowest BCUT2D eigenvalue weighted by Crippen LogP contribution is -2.05. The van der Waals surface area contributed by atoms with Crippen molar-refractivity contribution >= 4 is 40.7 Å². The van der Waals surface area contributed by atoms with Crippen LogP contribution in [0.2, 0.25) is 0 Å². The number of carboxylic acid groups (broad SMARTS) is 1. The number of hydrogen-bond acceptors (Lipinski definition) is 6. The van der Waals surface area contributed by atoms with Crippen LogP contribution in [0.5, 0.6) is 0 Å². The fourth-order valence-electron chi connectivity index (χ4n) is 1.11. The second kappa shape index (κ2) is 7.17. The third-order valence-electron chi connectivity index (χ3n) is 1.86. The van der Waals surface area contributed by atoms with Crippen LogP contribution in [0.3, 0.4) is 0 Å². The van der Waals surface area contributed by atoms with Gasteiger partial charge in [-0.15, -0.1) is 0 Å². The summed E-state index contributed by atoms with van der Waals surface area (Å²) in [5.41, 5.74) is 0.405. The average Bonchev–Trinajstić information content (AvgIpc) is 2.34. The number of carboxylic acids is 1. The van der Waals surface area contributed by atoms with Gasteiger partial charge in [0, 0.05) is 24.4 Å². The van der Waals surface area contributed by atoms with Crippen LogP contribution in [0.4, 0.5) is 0 Å². The molecule has 1 aromatic heterocycles. The molecule has 1 rings (SSSR count). The van der Waals surface area contributed by atoms with Crippen LogP contribution in [0.15, 0.2) is 17.4 Å². The Hall–Kier alpha value is -1.34. The molecule has 0 saturated carbocycles. The van der Waals surface area contributed by atoms with E-state index in [0.717, 1.165) is 11.8 Å². The van der Waals surface area contributed by atoms with Gasteiger partial charge in [0.2, 0.25) is 0 Å². The molecular weight excluding hydrogens is 272 g/mol. The second-order valence-corrected chi connectivity index (χ2v) is 5.14. The van der Waals surface area contributed by atoms with Gasteiger partial charge in [0.05, 0.1) is 0 Å². The molecule has 0 radical (unpaired) electrons. The number of carbonyl (C=O) groups is 2. The van der Waals surface area contributed by atoms with E-state index in [2.05, 4.69) is 9.97 Å². The summed E-state index contributed by atoms with van der Waals surface area (Å²) in [6, 6.07) is 0. The maximum atomic E-state index is 11.0. The van der Waals surface area contributed by atoms with Crippen molar-refractivity contribution in [2.75, 3.05) is 12.0 Å². The van der Waals surface area contributed by atoms with Crippen molar-refractivity contribution in [3.05, 3.63) is 23.5 Å². The minimum absolute atomic E-state index is 0.0205. The lowest BCUT2D eigenvalue weighted by molar-refractivity contribution is -0.109. The van der Waals surface area contributed by atoms with Crippen LogP contribution in [0.25, 0.3) is 6.08 Å². The normalized spacial score (nSPS) is 10.8. The number of aromatic nitrogens is 2. The monoisotopic (exact) mass is 284 g/mol. The maximum absolute atomic E-state index is 11.0. The molecule has 0 aliphatic carbocycles. The standard InChI is InChI=1S/C11H12N2O3S2/c1-7(14)18-5-3-4-8-6-12-11(17-2)13-9(8)10(15)16/h3-4,6H,5H2,1-2H3,(H,15,16). The van der Waals surface area contributed by atoms with Gasteiger partial charge in [0.25, 0.3) is 0 Å². The topological polar surface area (TPSA) is 80.2 Å². The van der Waals surface area contributed by atoms with E-state index in [1.807, 2.05) is 0 Å². The highest BCUT2D eigenvalue weighted by molar-refractivity contribution is 8.13. The van der Waals surface area contributed by atoms with E-state index in [9.17, 15) is 9.59 Å². The van der Waals surface area contributed by atoms with Crippen molar-refractivity contribution in [3.8, 4) is 0 Å². The van der Waals surface area contributed by atoms with Crippen molar-refractivity contribution in [1.29, 1.82) is 0 Å². The number of carbonyl (C=O) groups excluding carboxylic acids is 1. The quantitative estimate of drug-likeness (QED) is 0.655. The SMILES string of the molecule is CSc1ncc(C=CCSC(C)=O)c(C(=O)O)n1. The van der Waals surface area contributed by atoms with Gasteiger partial charge in [-0.2, -0.15) is 0 Å². The highest BCUT2D eigenvalue weighted by Gasteiger charge is 2.11. The molecule has 0 aliphatic rings. The molecule has 0 aromatic carbocycles. The van der Waals surface area contributed by atoms with Gasteiger partial charge < -0.3 is 5.11 Å². The van der Waals surface area contributed by atoms with E-state index in [1.54, 1.807) is 18.4 Å². The van der Waals surface area contributed by atoms with E-state index in [4.69, 9.17) is 5.11 Å². The Morgan fingerprint density at radius 1 is 1.50 bits per heavy atom. The van der Waals surface area contributed by atoms with Gasteiger partial charge in [0.15, 0.2) is 16.0 Å². The van der Waals surface area contributed by atoms with Crippen molar-refractivity contribution in [3.63, 3.8) is 0 Å². The van der Waals surface area contributed by atoms with E-state index >= 15 is 0 Å². The zero-order chi connectivity index (χ0) is 13.5. The number of rotatable bonds is 5. The van der Waals surface area contributed by atoms with Gasteiger partial charge in [-0.3, -0.25) is 4.79 Å². The molecule has 0 spiro atoms. The summed E-state index contributed by atoms with van der Waals surface area (Å²) < 4.78 is 0. The molecule has 0 aliphatic heterocycles. The second-order valence-electron chi connectivity index (χ2n) is 3.17. The van der Waals surface area contributed by atoms with Crippen LogP contribution in [0.1, 0.15) is 23.0 Å². The zero-order valence-corrected chi connectivity index (χ0v) is 11.5. The number of hydrogen-bond donors (Lipinski definition) is 1. The first kappa shape index (κ1) is 14.7. The van der Waals surface area contributed by atoms with Gasteiger partial charge >= 0.3 is 5.97 Å². The molecule has 0 atom stereocenters. The predicted octanol–water partition coefficient (Wildman–Crippen LogP) is 2.19. The van der Waals surface area contributed by atoms with Crippen LogP contribution in [-0.4, -0.2) is 38.2 Å². The summed E-state index contributed by atoms with van der Waals surface area (Å²) >= 11 is 2.44. The molecule has 1 N–H and O–H groups in total. The van der Waals surface area contributed by atoms with Gasteiger partial charge in [-0.1, -0.05) is 35.7 Å². The lowest BCUT2D eigenvalue weighted by atomic mass is 10.2.